The molecule has 4 heteroatoms. The largest absolute Gasteiger partial charge is 0.390 e. The molecule has 17 heavy (non-hydrogen) atoms. The highest BCUT2D eigenvalue weighted by molar-refractivity contribution is 5.61. The van der Waals surface area contributed by atoms with Crippen molar-refractivity contribution in [1.29, 1.82) is 0 Å². The van der Waals surface area contributed by atoms with Gasteiger partial charge in [-0.2, -0.15) is 0 Å². The molecule has 1 N–H and O–H groups in total. The van der Waals surface area contributed by atoms with Gasteiger partial charge in [-0.15, -0.1) is 0 Å². The molecule has 3 heterocycles. The lowest BCUT2D eigenvalue weighted by Gasteiger charge is -2.15. The fraction of sp³-hybridized carbons (Fsp3) is 0.385. The summed E-state index contributed by atoms with van der Waals surface area (Å²) in [4.78, 5) is 8.68. The van der Waals surface area contributed by atoms with Crippen LogP contribution in [-0.2, 0) is 19.6 Å². The number of aliphatic hydroxyl groups is 1. The molecule has 0 bridgehead atoms. The molecule has 0 aliphatic carbocycles. The molecule has 0 saturated carbocycles. The molecule has 2 aromatic heterocycles. The van der Waals surface area contributed by atoms with Crippen LogP contribution in [0.15, 0.2) is 24.5 Å². The molecule has 3 rings (SSSR count). The topological polar surface area (TPSA) is 50.9 Å². The highest BCUT2D eigenvalue weighted by Crippen LogP contribution is 2.27. The van der Waals surface area contributed by atoms with Crippen LogP contribution in [0.3, 0.4) is 0 Å². The summed E-state index contributed by atoms with van der Waals surface area (Å²) >= 11 is 0. The average molecular weight is 229 g/mol. The van der Waals surface area contributed by atoms with Gasteiger partial charge in [-0.1, -0.05) is 0 Å². The van der Waals surface area contributed by atoms with Crippen molar-refractivity contribution in [2.24, 2.45) is 0 Å². The van der Waals surface area contributed by atoms with Crippen LogP contribution in [-0.4, -0.2) is 19.6 Å². The van der Waals surface area contributed by atoms with E-state index >= 15 is 0 Å². The second-order valence-corrected chi connectivity index (χ2v) is 4.33. The predicted molar refractivity (Wildman–Crippen MR) is 64.3 cm³/mol. The first kappa shape index (κ1) is 10.5. The van der Waals surface area contributed by atoms with Crippen molar-refractivity contribution in [2.75, 3.05) is 0 Å². The molecule has 0 fully saturated rings. The quantitative estimate of drug-likeness (QED) is 0.854. The van der Waals surface area contributed by atoms with Gasteiger partial charge < -0.3 is 9.67 Å². The summed E-state index contributed by atoms with van der Waals surface area (Å²) < 4.78 is 2.17. The van der Waals surface area contributed by atoms with Crippen molar-refractivity contribution < 1.29 is 5.11 Å². The van der Waals surface area contributed by atoms with Gasteiger partial charge in [-0.05, 0) is 25.0 Å². The van der Waals surface area contributed by atoms with Crippen LogP contribution < -0.4 is 0 Å². The summed E-state index contributed by atoms with van der Waals surface area (Å²) in [6.07, 6.45) is 6.89. The Bertz CT molecular complexity index is 519. The first-order chi connectivity index (χ1) is 8.40. The molecule has 0 spiro atoms. The van der Waals surface area contributed by atoms with Crippen LogP contribution in [0.5, 0.6) is 0 Å². The smallest absolute Gasteiger partial charge is 0.109 e. The number of aryl methyl sites for hydroxylation is 1. The number of fused-ring (bicyclic) bond motifs is 1. The van der Waals surface area contributed by atoms with Gasteiger partial charge in [-0.25, -0.2) is 4.98 Å². The zero-order chi connectivity index (χ0) is 11.7. The van der Waals surface area contributed by atoms with Crippen LogP contribution in [0.1, 0.15) is 24.4 Å². The first-order valence-electron chi connectivity index (χ1n) is 5.99. The van der Waals surface area contributed by atoms with E-state index in [0.717, 1.165) is 35.7 Å². The van der Waals surface area contributed by atoms with E-state index < -0.39 is 0 Å². The zero-order valence-corrected chi connectivity index (χ0v) is 9.63. The standard InChI is InChI=1S/C13H15N3O/c17-9-11-13(10-4-6-14-7-5-10)15-12-3-1-2-8-16(11)12/h4-7,17H,1-3,8-9H2. The van der Waals surface area contributed by atoms with E-state index in [1.165, 1.54) is 12.8 Å². The Hall–Kier alpha value is -1.68. The zero-order valence-electron chi connectivity index (χ0n) is 9.63. The molecule has 0 unspecified atom stereocenters. The Balaban J connectivity index is 2.14. The van der Waals surface area contributed by atoms with Gasteiger partial charge in [0.2, 0.25) is 0 Å². The summed E-state index contributed by atoms with van der Waals surface area (Å²) in [7, 11) is 0. The second-order valence-electron chi connectivity index (χ2n) is 4.33. The Morgan fingerprint density at radius 1 is 1.24 bits per heavy atom. The highest BCUT2D eigenvalue weighted by atomic mass is 16.3. The number of aromatic nitrogens is 3. The van der Waals surface area contributed by atoms with Crippen molar-refractivity contribution in [3.63, 3.8) is 0 Å². The van der Waals surface area contributed by atoms with E-state index in [0.29, 0.717) is 0 Å². The summed E-state index contributed by atoms with van der Waals surface area (Å²) in [5.41, 5.74) is 2.88. The monoisotopic (exact) mass is 229 g/mol. The Kier molecular flexibility index (Phi) is 2.65. The molecule has 1 aliphatic rings. The van der Waals surface area contributed by atoms with Crippen molar-refractivity contribution in [2.45, 2.75) is 32.4 Å². The number of hydrogen-bond acceptors (Lipinski definition) is 3. The van der Waals surface area contributed by atoms with Crippen molar-refractivity contribution >= 4 is 0 Å². The van der Waals surface area contributed by atoms with Crippen LogP contribution in [0.4, 0.5) is 0 Å². The third kappa shape index (κ3) is 1.74. The molecular formula is C13H15N3O. The minimum atomic E-state index is 0.0463. The number of nitrogens with zero attached hydrogens (tertiary/aromatic N) is 3. The maximum atomic E-state index is 9.55. The van der Waals surface area contributed by atoms with Gasteiger partial charge in [0, 0.05) is 30.9 Å². The van der Waals surface area contributed by atoms with Crippen LogP contribution >= 0.6 is 0 Å². The van der Waals surface area contributed by atoms with Crippen LogP contribution in [0, 0.1) is 0 Å². The fourth-order valence-corrected chi connectivity index (χ4v) is 2.45. The molecule has 4 nitrogen and oxygen atoms in total. The van der Waals surface area contributed by atoms with Gasteiger partial charge in [0.25, 0.3) is 0 Å². The molecular weight excluding hydrogens is 214 g/mol. The molecule has 0 saturated heterocycles. The molecule has 0 atom stereocenters. The average Bonchev–Trinajstić information content (AvgIpc) is 2.78. The third-order valence-electron chi connectivity index (χ3n) is 3.29. The van der Waals surface area contributed by atoms with Gasteiger partial charge >= 0.3 is 0 Å². The Morgan fingerprint density at radius 2 is 2.06 bits per heavy atom. The van der Waals surface area contributed by atoms with E-state index in [1.807, 2.05) is 12.1 Å². The van der Waals surface area contributed by atoms with Crippen LogP contribution in [0.25, 0.3) is 11.3 Å². The maximum Gasteiger partial charge on any atom is 0.109 e. The lowest BCUT2D eigenvalue weighted by atomic mass is 10.1. The third-order valence-corrected chi connectivity index (χ3v) is 3.29. The second kappa shape index (κ2) is 4.30. The molecule has 2 aromatic rings. The molecule has 1 aliphatic heterocycles. The van der Waals surface area contributed by atoms with Crippen molar-refractivity contribution in [1.82, 2.24) is 14.5 Å². The minimum Gasteiger partial charge on any atom is -0.390 e. The first-order valence-corrected chi connectivity index (χ1v) is 5.99. The lowest BCUT2D eigenvalue weighted by molar-refractivity contribution is 0.268. The van der Waals surface area contributed by atoms with Gasteiger partial charge in [0.1, 0.15) is 5.82 Å². The normalized spacial score (nSPS) is 14.6. The molecule has 0 aromatic carbocycles. The number of imidazole rings is 1. The number of aliphatic hydroxyl groups excluding tert-OH is 1. The lowest BCUT2D eigenvalue weighted by Crippen LogP contribution is -2.12. The Labute approximate surface area is 100.0 Å². The van der Waals surface area contributed by atoms with Crippen LogP contribution in [0.2, 0.25) is 0 Å². The van der Waals surface area contributed by atoms with Gasteiger partial charge in [-0.3, -0.25) is 4.98 Å². The van der Waals surface area contributed by atoms with Gasteiger partial charge in [0.15, 0.2) is 0 Å². The molecule has 0 radical (unpaired) electrons. The number of hydrogen-bond donors (Lipinski definition) is 1. The van der Waals surface area contributed by atoms with Gasteiger partial charge in [0.05, 0.1) is 18.0 Å². The van der Waals surface area contributed by atoms with Crippen molar-refractivity contribution in [3.8, 4) is 11.3 Å². The number of rotatable bonds is 2. The van der Waals surface area contributed by atoms with Crippen molar-refractivity contribution in [3.05, 3.63) is 36.0 Å². The summed E-state index contributed by atoms with van der Waals surface area (Å²) in [5, 5.41) is 9.55. The van der Waals surface area contributed by atoms with E-state index in [1.54, 1.807) is 12.4 Å². The molecule has 88 valence electrons. The number of pyridine rings is 1. The van der Waals surface area contributed by atoms with E-state index in [9.17, 15) is 5.11 Å². The van der Waals surface area contributed by atoms with E-state index in [-0.39, 0.29) is 6.61 Å². The highest BCUT2D eigenvalue weighted by Gasteiger charge is 2.19. The summed E-state index contributed by atoms with van der Waals surface area (Å²) in [5.74, 6) is 1.10. The van der Waals surface area contributed by atoms with E-state index in [2.05, 4.69) is 14.5 Å². The SMILES string of the molecule is OCc1c(-c2ccncc2)nc2n1CCCC2. The predicted octanol–water partition coefficient (Wildman–Crippen LogP) is 1.77. The summed E-state index contributed by atoms with van der Waals surface area (Å²) in [6, 6.07) is 3.88. The fourth-order valence-electron chi connectivity index (χ4n) is 2.45. The Morgan fingerprint density at radius 3 is 2.82 bits per heavy atom. The summed E-state index contributed by atoms with van der Waals surface area (Å²) in [6.45, 7) is 1.02. The maximum absolute atomic E-state index is 9.55. The minimum absolute atomic E-state index is 0.0463. The van der Waals surface area contributed by atoms with E-state index in [4.69, 9.17) is 0 Å². The molecule has 0 amide bonds.